The van der Waals surface area contributed by atoms with Crippen molar-refractivity contribution in [1.82, 2.24) is 14.9 Å². The van der Waals surface area contributed by atoms with Crippen LogP contribution in [0.15, 0.2) is 30.6 Å². The smallest absolute Gasteiger partial charge is 0.316 e. The van der Waals surface area contributed by atoms with E-state index in [4.69, 9.17) is 14.2 Å². The van der Waals surface area contributed by atoms with Crippen molar-refractivity contribution in [1.29, 1.82) is 0 Å². The van der Waals surface area contributed by atoms with Crippen molar-refractivity contribution in [3.05, 3.63) is 41.7 Å². The number of ether oxygens (including phenoxy) is 3. The van der Waals surface area contributed by atoms with Crippen LogP contribution >= 0.6 is 0 Å². The van der Waals surface area contributed by atoms with Crippen LogP contribution in [0.5, 0.6) is 17.5 Å². The lowest BCUT2D eigenvalue weighted by molar-refractivity contribution is 0.0891. The Morgan fingerprint density at radius 3 is 2.36 bits per heavy atom. The van der Waals surface area contributed by atoms with Crippen LogP contribution in [0.3, 0.4) is 0 Å². The number of methoxy groups -OCH3 is 2. The number of piperidine rings is 1. The summed E-state index contributed by atoms with van der Waals surface area (Å²) in [6, 6.07) is 6.56. The number of hydrogen-bond donors (Lipinski definition) is 0. The second kappa shape index (κ2) is 8.16. The van der Waals surface area contributed by atoms with Gasteiger partial charge in [-0.15, -0.1) is 0 Å². The minimum absolute atomic E-state index is 0.185. The van der Waals surface area contributed by atoms with Gasteiger partial charge < -0.3 is 14.2 Å². The van der Waals surface area contributed by atoms with Crippen LogP contribution in [0, 0.1) is 6.92 Å². The summed E-state index contributed by atoms with van der Waals surface area (Å²) in [5.41, 5.74) is 2.26. The number of benzene rings is 1. The molecule has 0 spiro atoms. The van der Waals surface area contributed by atoms with Crippen molar-refractivity contribution < 1.29 is 14.2 Å². The van der Waals surface area contributed by atoms with Gasteiger partial charge in [-0.2, -0.15) is 0 Å². The lowest BCUT2D eigenvalue weighted by atomic mass is 10.1. The molecule has 0 amide bonds. The summed E-state index contributed by atoms with van der Waals surface area (Å²) in [6.07, 6.45) is 5.71. The van der Waals surface area contributed by atoms with Crippen LogP contribution in [-0.4, -0.2) is 48.3 Å². The van der Waals surface area contributed by atoms with Gasteiger partial charge in [0.05, 0.1) is 14.2 Å². The minimum Gasteiger partial charge on any atom is -0.493 e. The number of aryl methyl sites for hydroxylation is 1. The molecule has 134 valence electrons. The van der Waals surface area contributed by atoms with Crippen LogP contribution in [0.1, 0.15) is 24.0 Å². The van der Waals surface area contributed by atoms with E-state index in [0.29, 0.717) is 6.01 Å². The third-order valence-corrected chi connectivity index (χ3v) is 4.42. The quantitative estimate of drug-likeness (QED) is 0.804. The minimum atomic E-state index is 0.185. The Hall–Kier alpha value is -2.34. The molecule has 6 heteroatoms. The number of aromatic nitrogens is 2. The number of hydrogen-bond acceptors (Lipinski definition) is 6. The average molecular weight is 343 g/mol. The number of rotatable bonds is 6. The van der Waals surface area contributed by atoms with Crippen LogP contribution in [0.4, 0.5) is 0 Å². The summed E-state index contributed by atoms with van der Waals surface area (Å²) in [6.45, 7) is 4.85. The number of nitrogens with zero attached hydrogens (tertiary/aromatic N) is 3. The van der Waals surface area contributed by atoms with E-state index in [1.54, 1.807) is 26.6 Å². The number of likely N-dealkylation sites (tertiary alicyclic amines) is 1. The first-order valence-corrected chi connectivity index (χ1v) is 8.56. The molecule has 1 saturated heterocycles. The molecule has 1 aliphatic heterocycles. The Kier molecular flexibility index (Phi) is 5.71. The van der Waals surface area contributed by atoms with E-state index in [2.05, 4.69) is 20.9 Å². The first-order valence-electron chi connectivity index (χ1n) is 8.56. The summed E-state index contributed by atoms with van der Waals surface area (Å²) in [4.78, 5) is 10.9. The van der Waals surface area contributed by atoms with Gasteiger partial charge in [-0.25, -0.2) is 9.97 Å². The fourth-order valence-corrected chi connectivity index (χ4v) is 3.01. The van der Waals surface area contributed by atoms with E-state index in [-0.39, 0.29) is 6.10 Å². The van der Waals surface area contributed by atoms with Crippen molar-refractivity contribution >= 4 is 0 Å². The molecule has 6 nitrogen and oxygen atoms in total. The van der Waals surface area contributed by atoms with Crippen LogP contribution in [-0.2, 0) is 6.54 Å². The molecule has 3 rings (SSSR count). The molecule has 25 heavy (non-hydrogen) atoms. The summed E-state index contributed by atoms with van der Waals surface area (Å²) >= 11 is 0. The van der Waals surface area contributed by atoms with Gasteiger partial charge in [-0.3, -0.25) is 4.90 Å². The van der Waals surface area contributed by atoms with E-state index >= 15 is 0 Å². The van der Waals surface area contributed by atoms with Crippen molar-refractivity contribution in [2.75, 3.05) is 27.3 Å². The molecular weight excluding hydrogens is 318 g/mol. The highest BCUT2D eigenvalue weighted by molar-refractivity contribution is 5.42. The van der Waals surface area contributed by atoms with E-state index in [9.17, 15) is 0 Å². The molecule has 0 saturated carbocycles. The van der Waals surface area contributed by atoms with E-state index in [1.165, 1.54) is 5.56 Å². The van der Waals surface area contributed by atoms with E-state index < -0.39 is 0 Å². The third-order valence-electron chi connectivity index (χ3n) is 4.42. The zero-order chi connectivity index (χ0) is 17.6. The lowest BCUT2D eigenvalue weighted by Gasteiger charge is -2.31. The summed E-state index contributed by atoms with van der Waals surface area (Å²) in [5, 5.41) is 0. The fourth-order valence-electron chi connectivity index (χ4n) is 3.01. The van der Waals surface area contributed by atoms with Crippen molar-refractivity contribution in [2.45, 2.75) is 32.4 Å². The Morgan fingerprint density at radius 2 is 1.72 bits per heavy atom. The molecule has 1 aromatic heterocycles. The molecular formula is C19H25N3O3. The topological polar surface area (TPSA) is 56.7 Å². The molecule has 2 aromatic rings. The zero-order valence-corrected chi connectivity index (χ0v) is 15.1. The highest BCUT2D eigenvalue weighted by Gasteiger charge is 2.21. The summed E-state index contributed by atoms with van der Waals surface area (Å²) in [7, 11) is 3.32. The van der Waals surface area contributed by atoms with Gasteiger partial charge in [-0.1, -0.05) is 6.07 Å². The van der Waals surface area contributed by atoms with E-state index in [0.717, 1.165) is 49.5 Å². The Morgan fingerprint density at radius 1 is 1.04 bits per heavy atom. The van der Waals surface area contributed by atoms with Crippen LogP contribution in [0.2, 0.25) is 0 Å². The second-order valence-electron chi connectivity index (χ2n) is 6.33. The van der Waals surface area contributed by atoms with Gasteiger partial charge >= 0.3 is 6.01 Å². The highest BCUT2D eigenvalue weighted by atomic mass is 16.5. The molecule has 0 N–H and O–H groups in total. The molecule has 1 aromatic carbocycles. The van der Waals surface area contributed by atoms with Crippen molar-refractivity contribution in [3.8, 4) is 17.5 Å². The largest absolute Gasteiger partial charge is 0.493 e. The molecule has 1 fully saturated rings. The highest BCUT2D eigenvalue weighted by Crippen LogP contribution is 2.28. The Balaban J connectivity index is 1.51. The van der Waals surface area contributed by atoms with Gasteiger partial charge in [0, 0.05) is 32.0 Å². The molecule has 1 aliphatic rings. The maximum absolute atomic E-state index is 5.89. The second-order valence-corrected chi connectivity index (χ2v) is 6.33. The Bertz CT molecular complexity index is 683. The van der Waals surface area contributed by atoms with Crippen molar-refractivity contribution in [3.63, 3.8) is 0 Å². The maximum atomic E-state index is 5.89. The molecule has 0 aliphatic carbocycles. The monoisotopic (exact) mass is 343 g/mol. The fraction of sp³-hybridized carbons (Fsp3) is 0.474. The first kappa shape index (κ1) is 17.5. The lowest BCUT2D eigenvalue weighted by Crippen LogP contribution is -2.38. The predicted molar refractivity (Wildman–Crippen MR) is 95.2 cm³/mol. The average Bonchev–Trinajstić information content (AvgIpc) is 2.65. The molecule has 2 heterocycles. The molecule has 0 radical (unpaired) electrons. The molecule has 0 atom stereocenters. The van der Waals surface area contributed by atoms with E-state index in [1.807, 2.05) is 19.1 Å². The van der Waals surface area contributed by atoms with Crippen LogP contribution in [0.25, 0.3) is 0 Å². The van der Waals surface area contributed by atoms with Gasteiger partial charge in [-0.05, 0) is 43.0 Å². The molecule has 0 bridgehead atoms. The maximum Gasteiger partial charge on any atom is 0.316 e. The zero-order valence-electron chi connectivity index (χ0n) is 15.1. The normalized spacial score (nSPS) is 15.8. The van der Waals surface area contributed by atoms with Crippen LogP contribution < -0.4 is 14.2 Å². The van der Waals surface area contributed by atoms with Crippen molar-refractivity contribution in [2.24, 2.45) is 0 Å². The van der Waals surface area contributed by atoms with Gasteiger partial charge in [0.2, 0.25) is 0 Å². The first-order chi connectivity index (χ1) is 12.2. The third kappa shape index (κ3) is 4.60. The standard InChI is InChI=1S/C19H25N3O3/c1-14-11-20-19(21-12-14)25-16-6-8-22(9-7-16)13-15-4-5-17(23-2)18(10-15)24-3/h4-5,10-12,16H,6-9,13H2,1-3H3. The Labute approximate surface area is 148 Å². The summed E-state index contributed by atoms with van der Waals surface area (Å²) < 4.78 is 16.6. The molecule has 0 unspecified atom stereocenters. The van der Waals surface area contributed by atoms with Gasteiger partial charge in [0.15, 0.2) is 11.5 Å². The SMILES string of the molecule is COc1ccc(CN2CCC(Oc3ncc(C)cn3)CC2)cc1OC. The van der Waals surface area contributed by atoms with Gasteiger partial charge in [0.1, 0.15) is 6.10 Å². The summed E-state index contributed by atoms with van der Waals surface area (Å²) in [5.74, 6) is 1.53. The predicted octanol–water partition coefficient (Wildman–Crippen LogP) is 2.85. The van der Waals surface area contributed by atoms with Gasteiger partial charge in [0.25, 0.3) is 0 Å².